The van der Waals surface area contributed by atoms with Gasteiger partial charge in [0.25, 0.3) is 0 Å². The Hall–Kier alpha value is -2.83. The van der Waals surface area contributed by atoms with Crippen LogP contribution in [0.25, 0.3) is 10.9 Å². The standard InChI is InChI=1S/C17H20FN5O/c1-12(10-23-7-6-19-11-23)22-17(24)20-5-4-13-9-21-16-3-2-14(18)8-15(13)16/h2-3,6-9,11-12,21H,4-5,10H2,1H3,(H2,20,22,24). The molecule has 7 heteroatoms. The van der Waals surface area contributed by atoms with Gasteiger partial charge in [0, 0.05) is 48.6 Å². The number of amides is 2. The lowest BCUT2D eigenvalue weighted by atomic mass is 10.1. The Morgan fingerprint density at radius 2 is 2.33 bits per heavy atom. The number of carbonyl (C=O) groups excluding carboxylic acids is 1. The number of halogens is 1. The van der Waals surface area contributed by atoms with Crippen LogP contribution in [0.2, 0.25) is 0 Å². The Kier molecular flexibility index (Phi) is 4.79. The van der Waals surface area contributed by atoms with Gasteiger partial charge >= 0.3 is 6.03 Å². The number of H-pyrrole nitrogens is 1. The van der Waals surface area contributed by atoms with Crippen LogP contribution in [-0.2, 0) is 13.0 Å². The van der Waals surface area contributed by atoms with E-state index in [1.165, 1.54) is 12.1 Å². The summed E-state index contributed by atoms with van der Waals surface area (Å²) in [5.41, 5.74) is 1.88. The highest BCUT2D eigenvalue weighted by Crippen LogP contribution is 2.19. The fraction of sp³-hybridized carbons (Fsp3) is 0.294. The molecule has 0 spiro atoms. The van der Waals surface area contributed by atoms with Crippen LogP contribution in [0.4, 0.5) is 9.18 Å². The summed E-state index contributed by atoms with van der Waals surface area (Å²) < 4.78 is 15.3. The summed E-state index contributed by atoms with van der Waals surface area (Å²) in [5.74, 6) is -0.262. The predicted octanol–water partition coefficient (Wildman–Crippen LogP) is 2.43. The fourth-order valence-electron chi connectivity index (χ4n) is 2.70. The Bertz CT molecular complexity index is 812. The molecule has 0 aliphatic heterocycles. The fourth-order valence-corrected chi connectivity index (χ4v) is 2.70. The first-order chi connectivity index (χ1) is 11.6. The maximum atomic E-state index is 13.3. The van der Waals surface area contributed by atoms with E-state index in [-0.39, 0.29) is 17.9 Å². The highest BCUT2D eigenvalue weighted by molar-refractivity contribution is 5.83. The zero-order chi connectivity index (χ0) is 16.9. The molecular weight excluding hydrogens is 309 g/mol. The zero-order valence-electron chi connectivity index (χ0n) is 13.4. The lowest BCUT2D eigenvalue weighted by Gasteiger charge is -2.15. The number of hydrogen-bond donors (Lipinski definition) is 3. The molecule has 3 N–H and O–H groups in total. The van der Waals surface area contributed by atoms with Gasteiger partial charge in [-0.05, 0) is 37.1 Å². The first-order valence-electron chi connectivity index (χ1n) is 7.87. The van der Waals surface area contributed by atoms with Gasteiger partial charge < -0.3 is 20.2 Å². The molecule has 1 aromatic carbocycles. The monoisotopic (exact) mass is 329 g/mol. The van der Waals surface area contributed by atoms with Gasteiger partial charge in [-0.25, -0.2) is 14.2 Å². The molecule has 0 radical (unpaired) electrons. The second kappa shape index (κ2) is 7.16. The van der Waals surface area contributed by atoms with Gasteiger partial charge in [-0.3, -0.25) is 0 Å². The number of hydrogen-bond acceptors (Lipinski definition) is 2. The van der Waals surface area contributed by atoms with Crippen LogP contribution in [0, 0.1) is 5.82 Å². The Morgan fingerprint density at radius 3 is 3.12 bits per heavy atom. The van der Waals surface area contributed by atoms with Crippen molar-refractivity contribution in [3.63, 3.8) is 0 Å². The SMILES string of the molecule is CC(Cn1ccnc1)NC(=O)NCCc1c[nH]c2ccc(F)cc12. The second-order valence-electron chi connectivity index (χ2n) is 5.81. The number of imidazole rings is 1. The number of rotatable bonds is 6. The van der Waals surface area contributed by atoms with Crippen molar-refractivity contribution in [2.24, 2.45) is 0 Å². The van der Waals surface area contributed by atoms with Crippen LogP contribution in [0.3, 0.4) is 0 Å². The normalized spacial score (nSPS) is 12.2. The van der Waals surface area contributed by atoms with Crippen molar-refractivity contribution >= 4 is 16.9 Å². The average molecular weight is 329 g/mol. The van der Waals surface area contributed by atoms with Gasteiger partial charge in [-0.2, -0.15) is 0 Å². The summed E-state index contributed by atoms with van der Waals surface area (Å²) in [4.78, 5) is 19.0. The number of aromatic amines is 1. The lowest BCUT2D eigenvalue weighted by Crippen LogP contribution is -2.43. The van der Waals surface area contributed by atoms with Crippen LogP contribution >= 0.6 is 0 Å². The summed E-state index contributed by atoms with van der Waals surface area (Å²) in [5, 5.41) is 6.56. The zero-order valence-corrected chi connectivity index (χ0v) is 13.4. The van der Waals surface area contributed by atoms with E-state index >= 15 is 0 Å². The molecule has 126 valence electrons. The second-order valence-corrected chi connectivity index (χ2v) is 5.81. The van der Waals surface area contributed by atoms with Crippen molar-refractivity contribution in [2.45, 2.75) is 25.9 Å². The highest BCUT2D eigenvalue weighted by atomic mass is 19.1. The van der Waals surface area contributed by atoms with E-state index in [1.54, 1.807) is 18.6 Å². The molecule has 6 nitrogen and oxygen atoms in total. The van der Waals surface area contributed by atoms with Crippen molar-refractivity contribution in [3.8, 4) is 0 Å². The molecule has 2 aromatic heterocycles. The molecule has 2 amide bonds. The number of nitrogens with one attached hydrogen (secondary N) is 3. The van der Waals surface area contributed by atoms with E-state index in [2.05, 4.69) is 20.6 Å². The number of nitrogens with zero attached hydrogens (tertiary/aromatic N) is 2. The molecule has 0 saturated carbocycles. The molecule has 0 aliphatic rings. The number of benzene rings is 1. The van der Waals surface area contributed by atoms with Crippen LogP contribution in [-0.4, -0.2) is 33.2 Å². The van der Waals surface area contributed by atoms with Gasteiger partial charge in [-0.15, -0.1) is 0 Å². The van der Waals surface area contributed by atoms with Gasteiger partial charge in [0.2, 0.25) is 0 Å². The molecule has 0 aliphatic carbocycles. The predicted molar refractivity (Wildman–Crippen MR) is 90.2 cm³/mol. The molecular formula is C17H20FN5O. The van der Waals surface area contributed by atoms with Crippen LogP contribution in [0.1, 0.15) is 12.5 Å². The van der Waals surface area contributed by atoms with E-state index in [1.807, 2.05) is 23.9 Å². The third kappa shape index (κ3) is 3.92. The third-order valence-corrected chi connectivity index (χ3v) is 3.83. The maximum absolute atomic E-state index is 13.3. The minimum Gasteiger partial charge on any atom is -0.361 e. The number of fused-ring (bicyclic) bond motifs is 1. The molecule has 0 saturated heterocycles. The smallest absolute Gasteiger partial charge is 0.315 e. The molecule has 0 bridgehead atoms. The van der Waals surface area contributed by atoms with Crippen molar-refractivity contribution in [1.29, 1.82) is 0 Å². The van der Waals surface area contributed by atoms with Gasteiger partial charge in [0.15, 0.2) is 0 Å². The summed E-state index contributed by atoms with van der Waals surface area (Å²) in [6.07, 6.45) is 7.76. The van der Waals surface area contributed by atoms with Crippen LogP contribution in [0.5, 0.6) is 0 Å². The summed E-state index contributed by atoms with van der Waals surface area (Å²) in [7, 11) is 0. The van der Waals surface area contributed by atoms with Crippen LogP contribution < -0.4 is 10.6 Å². The van der Waals surface area contributed by atoms with Gasteiger partial charge in [-0.1, -0.05) is 0 Å². The molecule has 24 heavy (non-hydrogen) atoms. The lowest BCUT2D eigenvalue weighted by molar-refractivity contribution is 0.236. The molecule has 2 heterocycles. The van der Waals surface area contributed by atoms with Crippen molar-refractivity contribution in [2.75, 3.05) is 6.54 Å². The molecule has 3 aromatic rings. The first-order valence-corrected chi connectivity index (χ1v) is 7.87. The molecule has 1 unspecified atom stereocenters. The molecule has 3 rings (SSSR count). The minimum atomic E-state index is -0.262. The Morgan fingerprint density at radius 1 is 1.46 bits per heavy atom. The third-order valence-electron chi connectivity index (χ3n) is 3.83. The largest absolute Gasteiger partial charge is 0.361 e. The van der Waals surface area contributed by atoms with E-state index in [9.17, 15) is 9.18 Å². The van der Waals surface area contributed by atoms with E-state index in [0.29, 0.717) is 19.5 Å². The number of aromatic nitrogens is 3. The summed E-state index contributed by atoms with van der Waals surface area (Å²) in [6, 6.07) is 4.42. The number of carbonyl (C=O) groups is 1. The maximum Gasteiger partial charge on any atom is 0.315 e. The average Bonchev–Trinajstić information content (AvgIpc) is 3.17. The Labute approximate surface area is 139 Å². The Balaban J connectivity index is 1.46. The summed E-state index contributed by atoms with van der Waals surface area (Å²) >= 11 is 0. The summed E-state index contributed by atoms with van der Waals surface area (Å²) in [6.45, 7) is 3.07. The van der Waals surface area contributed by atoms with Crippen LogP contribution in [0.15, 0.2) is 43.1 Å². The van der Waals surface area contributed by atoms with Crippen molar-refractivity contribution in [3.05, 3.63) is 54.5 Å². The minimum absolute atomic E-state index is 0.0126. The van der Waals surface area contributed by atoms with E-state index in [0.717, 1.165) is 16.5 Å². The van der Waals surface area contributed by atoms with E-state index < -0.39 is 0 Å². The molecule has 1 atom stereocenters. The quantitative estimate of drug-likeness (QED) is 0.650. The van der Waals surface area contributed by atoms with Crippen molar-refractivity contribution < 1.29 is 9.18 Å². The first kappa shape index (κ1) is 16.0. The molecule has 0 fully saturated rings. The van der Waals surface area contributed by atoms with Gasteiger partial charge in [0.05, 0.1) is 6.33 Å². The number of urea groups is 1. The van der Waals surface area contributed by atoms with E-state index in [4.69, 9.17) is 0 Å². The topological polar surface area (TPSA) is 74.7 Å². The van der Waals surface area contributed by atoms with Gasteiger partial charge in [0.1, 0.15) is 5.82 Å². The van der Waals surface area contributed by atoms with Crippen molar-refractivity contribution in [1.82, 2.24) is 25.2 Å². The highest BCUT2D eigenvalue weighted by Gasteiger charge is 2.08.